The van der Waals surface area contributed by atoms with Crippen LogP contribution in [0.1, 0.15) is 6.42 Å². The summed E-state index contributed by atoms with van der Waals surface area (Å²) in [5, 5.41) is 3.30. The van der Waals surface area contributed by atoms with Crippen LogP contribution in [0, 0.1) is 5.82 Å². The predicted molar refractivity (Wildman–Crippen MR) is 101 cm³/mol. The van der Waals surface area contributed by atoms with E-state index in [9.17, 15) is 14.0 Å². The van der Waals surface area contributed by atoms with Crippen molar-refractivity contribution in [3.8, 4) is 0 Å². The topological polar surface area (TPSA) is 64.0 Å². The number of carbonyl (C=O) groups excluding carboxylic acids is 1. The number of nitrogens with zero attached hydrogens (tertiary/aromatic N) is 2. The van der Waals surface area contributed by atoms with Gasteiger partial charge in [-0.25, -0.2) is 9.37 Å². The standard InChI is InChI=1S/C19H18FN3O2S/c20-14-6-8-15(9-7-14)26-11-3-10-21-18(24)12-23-13-22-17-5-2-1-4-16(17)19(23)25/h1-2,4-9,13H,3,10-12H2,(H,21,24). The molecule has 0 aliphatic carbocycles. The zero-order chi connectivity index (χ0) is 18.4. The second-order valence-electron chi connectivity index (χ2n) is 5.70. The minimum Gasteiger partial charge on any atom is -0.355 e. The molecule has 0 aliphatic rings. The molecule has 3 aromatic rings. The molecule has 1 aromatic heterocycles. The molecule has 0 saturated carbocycles. The average Bonchev–Trinajstić information content (AvgIpc) is 2.65. The maximum absolute atomic E-state index is 12.8. The Hall–Kier alpha value is -2.67. The van der Waals surface area contributed by atoms with Gasteiger partial charge in [0.2, 0.25) is 5.91 Å². The first-order chi connectivity index (χ1) is 12.6. The van der Waals surface area contributed by atoms with Gasteiger partial charge < -0.3 is 5.32 Å². The number of halogens is 1. The first-order valence-corrected chi connectivity index (χ1v) is 9.21. The molecule has 0 bridgehead atoms. The van der Waals surface area contributed by atoms with Crippen molar-refractivity contribution in [3.63, 3.8) is 0 Å². The lowest BCUT2D eigenvalue weighted by Crippen LogP contribution is -2.33. The fourth-order valence-corrected chi connectivity index (χ4v) is 3.30. The molecule has 0 atom stereocenters. The Bertz CT molecular complexity index is 957. The van der Waals surface area contributed by atoms with Crippen LogP contribution in [0.4, 0.5) is 4.39 Å². The first-order valence-electron chi connectivity index (χ1n) is 8.23. The highest BCUT2D eigenvalue weighted by Crippen LogP contribution is 2.18. The van der Waals surface area contributed by atoms with Crippen LogP contribution in [0.15, 0.2) is 64.5 Å². The molecule has 7 heteroatoms. The number of hydrogen-bond acceptors (Lipinski definition) is 4. The molecule has 3 rings (SSSR count). The van der Waals surface area contributed by atoms with Crippen molar-refractivity contribution < 1.29 is 9.18 Å². The number of para-hydroxylation sites is 1. The van der Waals surface area contributed by atoms with E-state index < -0.39 is 0 Å². The predicted octanol–water partition coefficient (Wildman–Crippen LogP) is 2.83. The lowest BCUT2D eigenvalue weighted by molar-refractivity contribution is -0.121. The van der Waals surface area contributed by atoms with Crippen molar-refractivity contribution in [2.45, 2.75) is 17.9 Å². The van der Waals surface area contributed by atoms with Gasteiger partial charge >= 0.3 is 0 Å². The summed E-state index contributed by atoms with van der Waals surface area (Å²) in [6, 6.07) is 13.4. The van der Waals surface area contributed by atoms with Gasteiger partial charge in [-0.1, -0.05) is 12.1 Å². The quantitative estimate of drug-likeness (QED) is 0.512. The van der Waals surface area contributed by atoms with Crippen LogP contribution in [0.2, 0.25) is 0 Å². The SMILES string of the molecule is O=C(Cn1cnc2ccccc2c1=O)NCCCSc1ccc(F)cc1. The van der Waals surface area contributed by atoms with Crippen LogP contribution in [0.25, 0.3) is 10.9 Å². The molecule has 26 heavy (non-hydrogen) atoms. The smallest absolute Gasteiger partial charge is 0.261 e. The Morgan fingerprint density at radius 1 is 1.15 bits per heavy atom. The normalized spacial score (nSPS) is 10.8. The molecule has 0 saturated heterocycles. The van der Waals surface area contributed by atoms with Crippen molar-refractivity contribution in [2.24, 2.45) is 0 Å². The summed E-state index contributed by atoms with van der Waals surface area (Å²) < 4.78 is 14.1. The van der Waals surface area contributed by atoms with E-state index in [0.717, 1.165) is 17.1 Å². The van der Waals surface area contributed by atoms with Gasteiger partial charge in [-0.15, -0.1) is 11.8 Å². The number of rotatable bonds is 7. The molecule has 0 spiro atoms. The Kier molecular flexibility index (Phi) is 6.01. The van der Waals surface area contributed by atoms with Gasteiger partial charge in [0.15, 0.2) is 0 Å². The van der Waals surface area contributed by atoms with E-state index in [1.807, 2.05) is 6.07 Å². The molecule has 0 aliphatic heterocycles. The largest absolute Gasteiger partial charge is 0.355 e. The van der Waals surface area contributed by atoms with Crippen molar-refractivity contribution in [1.82, 2.24) is 14.9 Å². The Morgan fingerprint density at radius 3 is 2.73 bits per heavy atom. The molecule has 134 valence electrons. The summed E-state index contributed by atoms with van der Waals surface area (Å²) in [5.41, 5.74) is 0.393. The van der Waals surface area contributed by atoms with Gasteiger partial charge in [0.05, 0.1) is 17.2 Å². The van der Waals surface area contributed by atoms with E-state index in [-0.39, 0.29) is 23.8 Å². The Balaban J connectivity index is 1.45. The van der Waals surface area contributed by atoms with Crippen molar-refractivity contribution in [1.29, 1.82) is 0 Å². The van der Waals surface area contributed by atoms with E-state index >= 15 is 0 Å². The summed E-state index contributed by atoms with van der Waals surface area (Å²) >= 11 is 1.61. The second kappa shape index (κ2) is 8.62. The molecule has 5 nitrogen and oxygen atoms in total. The van der Waals surface area contributed by atoms with E-state index in [4.69, 9.17) is 0 Å². The fourth-order valence-electron chi connectivity index (χ4n) is 2.45. The minimum absolute atomic E-state index is 0.0538. The molecule has 2 aromatic carbocycles. The van der Waals surface area contributed by atoms with Crippen LogP contribution >= 0.6 is 11.8 Å². The maximum Gasteiger partial charge on any atom is 0.261 e. The van der Waals surface area contributed by atoms with Crippen LogP contribution in [-0.2, 0) is 11.3 Å². The summed E-state index contributed by atoms with van der Waals surface area (Å²) in [6.07, 6.45) is 2.17. The molecular weight excluding hydrogens is 353 g/mol. The Morgan fingerprint density at radius 2 is 1.92 bits per heavy atom. The third-order valence-corrected chi connectivity index (χ3v) is 4.87. The van der Waals surface area contributed by atoms with Crippen LogP contribution in [-0.4, -0.2) is 27.8 Å². The molecule has 0 unspecified atom stereocenters. The summed E-state index contributed by atoms with van der Waals surface area (Å²) in [5.74, 6) is 0.333. The fraction of sp³-hybridized carbons (Fsp3) is 0.211. The highest BCUT2D eigenvalue weighted by Gasteiger charge is 2.07. The molecule has 0 radical (unpaired) electrons. The lowest BCUT2D eigenvalue weighted by Gasteiger charge is -2.08. The van der Waals surface area contributed by atoms with Gasteiger partial charge in [0, 0.05) is 11.4 Å². The Labute approximate surface area is 154 Å². The van der Waals surface area contributed by atoms with Gasteiger partial charge in [-0.05, 0) is 48.6 Å². The number of fused-ring (bicyclic) bond motifs is 1. The monoisotopic (exact) mass is 371 g/mol. The average molecular weight is 371 g/mol. The number of nitrogens with one attached hydrogen (secondary N) is 1. The van der Waals surface area contributed by atoms with Crippen molar-refractivity contribution in [2.75, 3.05) is 12.3 Å². The number of thioether (sulfide) groups is 1. The molecule has 1 heterocycles. The van der Waals surface area contributed by atoms with Crippen LogP contribution < -0.4 is 10.9 Å². The number of aromatic nitrogens is 2. The first kappa shape index (κ1) is 18.1. The summed E-state index contributed by atoms with van der Waals surface area (Å²) in [6.45, 7) is 0.463. The number of amides is 1. The van der Waals surface area contributed by atoms with Gasteiger partial charge in [0.25, 0.3) is 5.56 Å². The number of benzene rings is 2. The van der Waals surface area contributed by atoms with Crippen molar-refractivity contribution in [3.05, 3.63) is 71.0 Å². The number of hydrogen-bond donors (Lipinski definition) is 1. The molecule has 1 amide bonds. The van der Waals surface area contributed by atoms with E-state index in [1.54, 1.807) is 42.1 Å². The number of carbonyl (C=O) groups is 1. The van der Waals surface area contributed by atoms with Gasteiger partial charge in [-0.3, -0.25) is 14.2 Å². The third kappa shape index (κ3) is 4.70. The zero-order valence-electron chi connectivity index (χ0n) is 14.0. The van der Waals surface area contributed by atoms with E-state index in [1.165, 1.54) is 23.0 Å². The molecule has 1 N–H and O–H groups in total. The van der Waals surface area contributed by atoms with Crippen molar-refractivity contribution >= 4 is 28.6 Å². The lowest BCUT2D eigenvalue weighted by atomic mass is 10.2. The zero-order valence-corrected chi connectivity index (χ0v) is 14.8. The second-order valence-corrected chi connectivity index (χ2v) is 6.87. The van der Waals surface area contributed by atoms with E-state index in [0.29, 0.717) is 17.4 Å². The van der Waals surface area contributed by atoms with Crippen LogP contribution in [0.3, 0.4) is 0 Å². The highest BCUT2D eigenvalue weighted by atomic mass is 32.2. The van der Waals surface area contributed by atoms with E-state index in [2.05, 4.69) is 10.3 Å². The highest BCUT2D eigenvalue weighted by molar-refractivity contribution is 7.99. The third-order valence-electron chi connectivity index (χ3n) is 3.77. The maximum atomic E-state index is 12.8. The minimum atomic E-state index is -0.250. The molecular formula is C19H18FN3O2S. The molecule has 0 fully saturated rings. The van der Waals surface area contributed by atoms with Gasteiger partial charge in [0.1, 0.15) is 12.4 Å². The van der Waals surface area contributed by atoms with Gasteiger partial charge in [-0.2, -0.15) is 0 Å². The summed E-state index contributed by atoms with van der Waals surface area (Å²) in [7, 11) is 0. The summed E-state index contributed by atoms with van der Waals surface area (Å²) in [4.78, 5) is 29.5. The van der Waals surface area contributed by atoms with Crippen LogP contribution in [0.5, 0.6) is 0 Å².